The molecule has 6 nitrogen and oxygen atoms in total. The number of aryl methyl sites for hydroxylation is 2. The van der Waals surface area contributed by atoms with Crippen molar-refractivity contribution in [1.29, 1.82) is 0 Å². The van der Waals surface area contributed by atoms with Crippen molar-refractivity contribution in [2.24, 2.45) is 0 Å². The second-order valence-electron chi connectivity index (χ2n) is 10.1. The molecule has 0 bridgehead atoms. The second kappa shape index (κ2) is 8.75. The number of ether oxygens (including phenoxy) is 1. The van der Waals surface area contributed by atoms with Gasteiger partial charge in [0, 0.05) is 54.5 Å². The molecule has 2 aromatic carbocycles. The lowest BCUT2D eigenvalue weighted by Crippen LogP contribution is -2.51. The Bertz CT molecular complexity index is 1060. The van der Waals surface area contributed by atoms with Crippen molar-refractivity contribution >= 4 is 27.9 Å². The minimum absolute atomic E-state index is 0.256. The fourth-order valence-electron chi connectivity index (χ4n) is 4.53. The fraction of sp³-hybridized carbons (Fsp3) is 0.500. The van der Waals surface area contributed by atoms with Crippen LogP contribution in [0.1, 0.15) is 31.9 Å². The minimum atomic E-state index is -0.496. The van der Waals surface area contributed by atoms with Gasteiger partial charge in [-0.15, -0.1) is 0 Å². The number of aliphatic hydroxyl groups is 1. The van der Waals surface area contributed by atoms with Gasteiger partial charge in [-0.05, 0) is 58.9 Å². The molecule has 1 amide bonds. The maximum Gasteiger partial charge on any atom is 0.410 e. The number of aromatic nitrogens is 1. The predicted octanol–water partition coefficient (Wildman–Crippen LogP) is 4.32. The summed E-state index contributed by atoms with van der Waals surface area (Å²) >= 11 is 0. The Morgan fingerprint density at radius 1 is 0.938 bits per heavy atom. The summed E-state index contributed by atoms with van der Waals surface area (Å²) in [5.74, 6) is 0. The maximum absolute atomic E-state index is 12.3. The maximum atomic E-state index is 12.3. The monoisotopic (exact) mass is 437 g/mol. The normalized spacial score (nSPS) is 16.6. The van der Waals surface area contributed by atoms with Crippen LogP contribution in [-0.2, 0) is 11.3 Å². The third-order valence-corrected chi connectivity index (χ3v) is 6.06. The summed E-state index contributed by atoms with van der Waals surface area (Å²) in [6, 6.07) is 13.0. The quantitative estimate of drug-likeness (QED) is 0.660. The van der Waals surface area contributed by atoms with Crippen LogP contribution in [0.25, 0.3) is 21.8 Å². The molecule has 1 aliphatic rings. The number of aliphatic hydroxyl groups excluding tert-OH is 1. The van der Waals surface area contributed by atoms with Gasteiger partial charge in [-0.25, -0.2) is 4.79 Å². The number of carbonyl (C=O) groups is 1. The van der Waals surface area contributed by atoms with Gasteiger partial charge in [0.25, 0.3) is 0 Å². The number of benzene rings is 2. The number of piperazine rings is 1. The Balaban J connectivity index is 1.44. The first-order valence-corrected chi connectivity index (χ1v) is 11.5. The van der Waals surface area contributed by atoms with Crippen molar-refractivity contribution in [3.8, 4) is 0 Å². The van der Waals surface area contributed by atoms with Crippen LogP contribution in [0.2, 0.25) is 0 Å². The Hall–Kier alpha value is -2.57. The molecule has 1 aliphatic heterocycles. The van der Waals surface area contributed by atoms with Crippen molar-refractivity contribution in [2.75, 3.05) is 32.7 Å². The lowest BCUT2D eigenvalue weighted by atomic mass is 10.1. The molecular formula is C26H35N3O3. The number of β-amino-alcohol motifs (C(OH)–C–C–N with tert-alkyl or cyclic N) is 1. The van der Waals surface area contributed by atoms with E-state index in [1.165, 1.54) is 21.9 Å². The zero-order valence-electron chi connectivity index (χ0n) is 19.9. The van der Waals surface area contributed by atoms with Gasteiger partial charge in [0.1, 0.15) is 5.60 Å². The first-order valence-electron chi connectivity index (χ1n) is 11.5. The summed E-state index contributed by atoms with van der Waals surface area (Å²) in [5, 5.41) is 13.4. The molecule has 1 atom stereocenters. The summed E-state index contributed by atoms with van der Waals surface area (Å²) < 4.78 is 7.72. The Labute approximate surface area is 190 Å². The molecule has 32 heavy (non-hydrogen) atoms. The molecule has 0 radical (unpaired) electrons. The van der Waals surface area contributed by atoms with E-state index in [2.05, 4.69) is 59.7 Å². The van der Waals surface area contributed by atoms with E-state index in [1.54, 1.807) is 4.90 Å². The number of rotatable bonds is 4. The van der Waals surface area contributed by atoms with E-state index >= 15 is 0 Å². The standard InChI is InChI=1S/C26H35N3O3/c1-18-6-8-23-21(14-18)22-15-19(2)7-9-24(22)29(23)17-20(30)16-27-10-12-28(13-11-27)25(31)32-26(3,4)5/h6-9,14-15,20,30H,10-13,16-17H2,1-5H3. The highest BCUT2D eigenvalue weighted by molar-refractivity contribution is 6.08. The van der Waals surface area contributed by atoms with Crippen LogP contribution in [0.15, 0.2) is 36.4 Å². The van der Waals surface area contributed by atoms with E-state index < -0.39 is 11.7 Å². The average molecular weight is 438 g/mol. The number of nitrogens with zero attached hydrogens (tertiary/aromatic N) is 3. The summed E-state index contributed by atoms with van der Waals surface area (Å²) in [5.41, 5.74) is 4.31. The molecule has 1 N–H and O–H groups in total. The number of fused-ring (bicyclic) bond motifs is 3. The summed E-state index contributed by atoms with van der Waals surface area (Å²) in [6.07, 6.45) is -0.752. The topological polar surface area (TPSA) is 57.9 Å². The molecule has 0 aliphatic carbocycles. The van der Waals surface area contributed by atoms with E-state index in [1.807, 2.05) is 20.8 Å². The molecule has 1 aromatic heterocycles. The van der Waals surface area contributed by atoms with E-state index in [4.69, 9.17) is 4.74 Å². The van der Waals surface area contributed by atoms with Gasteiger partial charge >= 0.3 is 6.09 Å². The van der Waals surface area contributed by atoms with Crippen molar-refractivity contribution in [2.45, 2.75) is 52.9 Å². The third kappa shape index (κ3) is 4.92. The Morgan fingerprint density at radius 3 is 1.97 bits per heavy atom. The van der Waals surface area contributed by atoms with E-state index in [0.29, 0.717) is 26.2 Å². The number of amides is 1. The van der Waals surface area contributed by atoms with Crippen molar-refractivity contribution in [1.82, 2.24) is 14.4 Å². The Kier molecular flexibility index (Phi) is 6.19. The number of carbonyl (C=O) groups excluding carboxylic acids is 1. The van der Waals surface area contributed by atoms with Gasteiger partial charge in [-0.1, -0.05) is 23.3 Å². The lowest BCUT2D eigenvalue weighted by molar-refractivity contribution is 0.00950. The third-order valence-electron chi connectivity index (χ3n) is 6.06. The van der Waals surface area contributed by atoms with Gasteiger partial charge in [0.2, 0.25) is 0 Å². The molecule has 1 unspecified atom stereocenters. The zero-order valence-corrected chi connectivity index (χ0v) is 19.9. The fourth-order valence-corrected chi connectivity index (χ4v) is 4.53. The van der Waals surface area contributed by atoms with E-state index in [9.17, 15) is 9.90 Å². The first kappa shape index (κ1) is 22.6. The summed E-state index contributed by atoms with van der Waals surface area (Å²) in [7, 11) is 0. The molecule has 0 saturated carbocycles. The average Bonchev–Trinajstić information content (AvgIpc) is 2.99. The predicted molar refractivity (Wildman–Crippen MR) is 129 cm³/mol. The molecule has 4 rings (SSSR count). The zero-order chi connectivity index (χ0) is 23.0. The van der Waals surface area contributed by atoms with Gasteiger partial charge in [-0.3, -0.25) is 4.90 Å². The Morgan fingerprint density at radius 2 is 1.47 bits per heavy atom. The molecule has 1 fully saturated rings. The molecule has 0 spiro atoms. The smallest absolute Gasteiger partial charge is 0.410 e. The number of hydrogen-bond donors (Lipinski definition) is 1. The molecular weight excluding hydrogens is 402 g/mol. The minimum Gasteiger partial charge on any atom is -0.444 e. The molecule has 1 saturated heterocycles. The van der Waals surface area contributed by atoms with Crippen LogP contribution in [0.3, 0.4) is 0 Å². The molecule has 6 heteroatoms. The van der Waals surface area contributed by atoms with Gasteiger partial charge < -0.3 is 19.3 Å². The number of hydrogen-bond acceptors (Lipinski definition) is 4. The van der Waals surface area contributed by atoms with Crippen molar-refractivity contribution < 1.29 is 14.6 Å². The van der Waals surface area contributed by atoms with Gasteiger partial charge in [-0.2, -0.15) is 0 Å². The molecule has 2 heterocycles. The highest BCUT2D eigenvalue weighted by atomic mass is 16.6. The van der Waals surface area contributed by atoms with Gasteiger partial charge in [0.05, 0.1) is 12.6 Å². The van der Waals surface area contributed by atoms with E-state index in [-0.39, 0.29) is 6.09 Å². The van der Waals surface area contributed by atoms with Crippen LogP contribution in [0, 0.1) is 13.8 Å². The molecule has 3 aromatic rings. The van der Waals surface area contributed by atoms with Crippen molar-refractivity contribution in [3.05, 3.63) is 47.5 Å². The second-order valence-corrected chi connectivity index (χ2v) is 10.1. The van der Waals surface area contributed by atoms with Crippen LogP contribution >= 0.6 is 0 Å². The van der Waals surface area contributed by atoms with Crippen LogP contribution in [0.5, 0.6) is 0 Å². The van der Waals surface area contributed by atoms with Crippen LogP contribution in [-0.4, -0.2) is 70.0 Å². The highest BCUT2D eigenvalue weighted by Gasteiger charge is 2.27. The largest absolute Gasteiger partial charge is 0.444 e. The van der Waals surface area contributed by atoms with E-state index in [0.717, 1.165) is 24.1 Å². The lowest BCUT2D eigenvalue weighted by Gasteiger charge is -2.36. The SMILES string of the molecule is Cc1ccc2c(c1)c1cc(C)ccc1n2CC(O)CN1CCN(C(=O)OC(C)(C)C)CC1. The molecule has 172 valence electrons. The summed E-state index contributed by atoms with van der Waals surface area (Å²) in [6.45, 7) is 13.7. The first-order chi connectivity index (χ1) is 15.1. The van der Waals surface area contributed by atoms with Crippen LogP contribution < -0.4 is 0 Å². The van der Waals surface area contributed by atoms with Crippen LogP contribution in [0.4, 0.5) is 4.79 Å². The van der Waals surface area contributed by atoms with Crippen molar-refractivity contribution in [3.63, 3.8) is 0 Å². The summed E-state index contributed by atoms with van der Waals surface area (Å²) in [4.78, 5) is 16.3. The highest BCUT2D eigenvalue weighted by Crippen LogP contribution is 2.31. The van der Waals surface area contributed by atoms with Gasteiger partial charge in [0.15, 0.2) is 0 Å².